The van der Waals surface area contributed by atoms with E-state index >= 15 is 0 Å². The van der Waals surface area contributed by atoms with Crippen molar-refractivity contribution in [3.63, 3.8) is 0 Å². The third-order valence-corrected chi connectivity index (χ3v) is 5.98. The Morgan fingerprint density at radius 1 is 0.862 bits per heavy atom. The lowest BCUT2D eigenvalue weighted by molar-refractivity contribution is 0.00254. The topological polar surface area (TPSA) is 46.6 Å². The first-order valence-corrected chi connectivity index (χ1v) is 10.5. The van der Waals surface area contributed by atoms with Gasteiger partial charge in [-0.2, -0.15) is 0 Å². The second-order valence-corrected chi connectivity index (χ2v) is 9.25. The zero-order valence-electron chi connectivity index (χ0n) is 17.4. The summed E-state index contributed by atoms with van der Waals surface area (Å²) in [5.74, 6) is 0.180. The number of amides is 1. The smallest absolute Gasteiger partial charge is 0.410 e. The van der Waals surface area contributed by atoms with Crippen molar-refractivity contribution in [2.24, 2.45) is 5.92 Å². The third-order valence-electron chi connectivity index (χ3n) is 5.98. The van der Waals surface area contributed by atoms with Crippen molar-refractivity contribution < 1.29 is 14.3 Å². The van der Waals surface area contributed by atoms with Gasteiger partial charge in [-0.15, -0.1) is 0 Å². The van der Waals surface area contributed by atoms with Gasteiger partial charge in [-0.05, 0) is 57.6 Å². The number of hydrogen-bond acceptors (Lipinski definition) is 3. The van der Waals surface area contributed by atoms with Crippen LogP contribution in [0.5, 0.6) is 0 Å². The highest BCUT2D eigenvalue weighted by atomic mass is 16.6. The summed E-state index contributed by atoms with van der Waals surface area (Å²) < 4.78 is 5.60. The Morgan fingerprint density at radius 2 is 1.41 bits per heavy atom. The van der Waals surface area contributed by atoms with Gasteiger partial charge in [0.15, 0.2) is 5.78 Å². The van der Waals surface area contributed by atoms with Gasteiger partial charge >= 0.3 is 6.09 Å². The number of piperidine rings is 1. The van der Waals surface area contributed by atoms with Crippen molar-refractivity contribution in [2.75, 3.05) is 0 Å². The summed E-state index contributed by atoms with van der Waals surface area (Å²) in [6.45, 7) is 5.67. The van der Waals surface area contributed by atoms with Crippen molar-refractivity contribution in [3.8, 4) is 11.1 Å². The molecule has 2 heterocycles. The van der Waals surface area contributed by atoms with Crippen LogP contribution in [0.15, 0.2) is 54.6 Å². The molecule has 0 saturated carbocycles. The number of carbonyl (C=O) groups is 2. The maximum atomic E-state index is 13.1. The molecule has 0 N–H and O–H groups in total. The lowest BCUT2D eigenvalue weighted by Crippen LogP contribution is -2.49. The highest BCUT2D eigenvalue weighted by molar-refractivity contribution is 5.98. The van der Waals surface area contributed by atoms with Gasteiger partial charge in [-0.25, -0.2) is 4.79 Å². The Kier molecular flexibility index (Phi) is 5.20. The van der Waals surface area contributed by atoms with Crippen LogP contribution in [-0.2, 0) is 4.74 Å². The highest BCUT2D eigenvalue weighted by Crippen LogP contribution is 2.40. The first-order chi connectivity index (χ1) is 13.8. The molecule has 2 fully saturated rings. The lowest BCUT2D eigenvalue weighted by Gasteiger charge is -2.39. The molecule has 29 heavy (non-hydrogen) atoms. The molecule has 2 bridgehead atoms. The van der Waals surface area contributed by atoms with Crippen molar-refractivity contribution in [1.82, 2.24) is 4.90 Å². The van der Waals surface area contributed by atoms with Crippen molar-refractivity contribution in [3.05, 3.63) is 60.2 Å². The fraction of sp³-hybridized carbons (Fsp3) is 0.440. The molecule has 2 aliphatic heterocycles. The van der Waals surface area contributed by atoms with Gasteiger partial charge in [0.1, 0.15) is 5.60 Å². The number of Topliss-reactive ketones (excluding diaryl/α,β-unsaturated/α-hetero) is 1. The van der Waals surface area contributed by atoms with E-state index in [9.17, 15) is 9.59 Å². The summed E-state index contributed by atoms with van der Waals surface area (Å²) in [6, 6.07) is 18.3. The minimum absolute atomic E-state index is 0.0197. The van der Waals surface area contributed by atoms with Crippen molar-refractivity contribution in [1.29, 1.82) is 0 Å². The van der Waals surface area contributed by atoms with Crippen LogP contribution in [0.4, 0.5) is 4.79 Å². The Hall–Kier alpha value is -2.62. The van der Waals surface area contributed by atoms with Gasteiger partial charge in [0.25, 0.3) is 0 Å². The van der Waals surface area contributed by atoms with Gasteiger partial charge in [0.2, 0.25) is 0 Å². The SMILES string of the molecule is CC(C)(C)OC(=O)N1C2CCC1CC(C(=O)c1ccc(-c3ccccc3)cc1)C2. The van der Waals surface area contributed by atoms with Crippen molar-refractivity contribution >= 4 is 11.9 Å². The lowest BCUT2D eigenvalue weighted by atomic mass is 9.84. The molecular formula is C25H29NO3. The quantitative estimate of drug-likeness (QED) is 0.629. The number of benzene rings is 2. The second kappa shape index (κ2) is 7.66. The van der Waals surface area contributed by atoms with Crippen LogP contribution in [0.25, 0.3) is 11.1 Å². The highest BCUT2D eigenvalue weighted by Gasteiger charge is 2.46. The second-order valence-electron chi connectivity index (χ2n) is 9.25. The number of ether oxygens (including phenoxy) is 1. The number of fused-ring (bicyclic) bond motifs is 2. The zero-order chi connectivity index (χ0) is 20.6. The molecule has 2 aliphatic rings. The number of nitrogens with zero attached hydrogens (tertiary/aromatic N) is 1. The van der Waals surface area contributed by atoms with Gasteiger partial charge in [-0.1, -0.05) is 54.6 Å². The molecule has 0 aromatic heterocycles. The van der Waals surface area contributed by atoms with Crippen LogP contribution in [0.3, 0.4) is 0 Å². The molecule has 2 aromatic carbocycles. The van der Waals surface area contributed by atoms with E-state index in [4.69, 9.17) is 4.74 Å². The van der Waals surface area contributed by atoms with Crippen LogP contribution in [0.2, 0.25) is 0 Å². The monoisotopic (exact) mass is 391 g/mol. The van der Waals surface area contributed by atoms with Crippen LogP contribution < -0.4 is 0 Å². The number of ketones is 1. The zero-order valence-corrected chi connectivity index (χ0v) is 17.4. The molecular weight excluding hydrogens is 362 g/mol. The minimum atomic E-state index is -0.496. The van der Waals surface area contributed by atoms with Crippen molar-refractivity contribution in [2.45, 2.75) is 64.1 Å². The van der Waals surface area contributed by atoms with E-state index in [1.165, 1.54) is 0 Å². The third kappa shape index (κ3) is 4.21. The van der Waals surface area contributed by atoms with Crippen LogP contribution >= 0.6 is 0 Å². The molecule has 2 unspecified atom stereocenters. The molecule has 0 aliphatic carbocycles. The van der Waals surface area contributed by atoms with Gasteiger partial charge in [-0.3, -0.25) is 4.79 Å². The van der Waals surface area contributed by atoms with Crippen LogP contribution in [0, 0.1) is 5.92 Å². The molecule has 4 rings (SSSR count). The van der Waals surface area contributed by atoms with Crippen LogP contribution in [0.1, 0.15) is 56.8 Å². The minimum Gasteiger partial charge on any atom is -0.444 e. The average Bonchev–Trinajstić information content (AvgIpc) is 2.97. The normalized spacial score (nSPS) is 23.7. The maximum absolute atomic E-state index is 13.1. The Bertz CT molecular complexity index is 869. The summed E-state index contributed by atoms with van der Waals surface area (Å²) in [6.07, 6.45) is 3.15. The molecule has 4 heteroatoms. The van der Waals surface area contributed by atoms with Gasteiger partial charge in [0.05, 0.1) is 0 Å². The summed E-state index contributed by atoms with van der Waals surface area (Å²) in [7, 11) is 0. The van der Waals surface area contributed by atoms with E-state index in [2.05, 4.69) is 12.1 Å². The van der Waals surface area contributed by atoms with Gasteiger partial charge in [0, 0.05) is 23.6 Å². The van der Waals surface area contributed by atoms with Gasteiger partial charge < -0.3 is 9.64 Å². The predicted octanol–water partition coefficient (Wildman–Crippen LogP) is 5.71. The summed E-state index contributed by atoms with van der Waals surface area (Å²) in [5, 5.41) is 0. The first kappa shape index (κ1) is 19.7. The molecule has 0 radical (unpaired) electrons. The predicted molar refractivity (Wildman–Crippen MR) is 114 cm³/mol. The van der Waals surface area contributed by atoms with E-state index in [-0.39, 0.29) is 29.9 Å². The molecule has 2 saturated heterocycles. The number of rotatable bonds is 3. The number of carbonyl (C=O) groups excluding carboxylic acids is 2. The fourth-order valence-corrected chi connectivity index (χ4v) is 4.70. The summed E-state index contributed by atoms with van der Waals surface area (Å²) >= 11 is 0. The summed E-state index contributed by atoms with van der Waals surface area (Å²) in [4.78, 5) is 27.6. The fourth-order valence-electron chi connectivity index (χ4n) is 4.70. The van der Waals surface area contributed by atoms with E-state index in [1.807, 2.05) is 68.1 Å². The first-order valence-electron chi connectivity index (χ1n) is 10.5. The molecule has 1 amide bonds. The standard InChI is InChI=1S/C25H29NO3/c1-25(2,3)29-24(28)26-21-13-14-22(26)16-20(15-21)23(27)19-11-9-18(10-12-19)17-7-5-4-6-8-17/h4-12,20-22H,13-16H2,1-3H3. The van der Waals surface area contributed by atoms with Crippen LogP contribution in [-0.4, -0.2) is 34.5 Å². The molecule has 4 nitrogen and oxygen atoms in total. The average molecular weight is 392 g/mol. The molecule has 2 atom stereocenters. The molecule has 0 spiro atoms. The Labute approximate surface area is 172 Å². The Balaban J connectivity index is 1.44. The van der Waals surface area contributed by atoms with E-state index in [0.29, 0.717) is 0 Å². The largest absolute Gasteiger partial charge is 0.444 e. The molecule has 152 valence electrons. The summed E-state index contributed by atoms with van der Waals surface area (Å²) in [5.41, 5.74) is 2.53. The van der Waals surface area contributed by atoms with E-state index < -0.39 is 5.60 Å². The Morgan fingerprint density at radius 3 is 1.97 bits per heavy atom. The number of hydrogen-bond donors (Lipinski definition) is 0. The maximum Gasteiger partial charge on any atom is 0.410 e. The van der Waals surface area contributed by atoms with E-state index in [1.54, 1.807) is 0 Å². The molecule has 2 aromatic rings. The van der Waals surface area contributed by atoms with E-state index in [0.717, 1.165) is 42.4 Å².